The molecule has 2 bridgehead atoms. The van der Waals surface area contributed by atoms with Gasteiger partial charge in [0.2, 0.25) is 10.0 Å². The first-order chi connectivity index (χ1) is 17.3. The van der Waals surface area contributed by atoms with Crippen LogP contribution < -0.4 is 10.5 Å². The molecule has 12 nitrogen and oxygen atoms in total. The Hall–Kier alpha value is -3.63. The van der Waals surface area contributed by atoms with Crippen molar-refractivity contribution in [1.29, 1.82) is 0 Å². The zero-order valence-corrected chi connectivity index (χ0v) is 20.0. The third-order valence-corrected chi connectivity index (χ3v) is 7.81. The molecule has 2 aromatic heterocycles. The molecule has 6 rings (SSSR count). The maximum Gasteiger partial charge on any atom is 0.490 e. The van der Waals surface area contributed by atoms with Gasteiger partial charge in [-0.3, -0.25) is 0 Å². The molecule has 2 aliphatic heterocycles. The predicted molar refractivity (Wildman–Crippen MR) is 120 cm³/mol. The Morgan fingerprint density at radius 3 is 2.76 bits per heavy atom. The topological polar surface area (TPSA) is 164 Å². The number of fused-ring (bicyclic) bond motifs is 1. The van der Waals surface area contributed by atoms with Crippen LogP contribution in [0.3, 0.4) is 0 Å². The van der Waals surface area contributed by atoms with Crippen LogP contribution in [0.1, 0.15) is 18.4 Å². The van der Waals surface area contributed by atoms with E-state index in [-0.39, 0.29) is 36.0 Å². The Bertz CT molecular complexity index is 1470. The number of carbonyl (C=O) groups excluding carboxylic acids is 1. The minimum Gasteiger partial charge on any atom is -0.456 e. The van der Waals surface area contributed by atoms with Gasteiger partial charge in [-0.15, -0.1) is 0 Å². The highest BCUT2D eigenvalue weighted by Crippen LogP contribution is 2.52. The molecular formula is C21H20F3N7O5S. The van der Waals surface area contributed by atoms with Gasteiger partial charge in [-0.1, -0.05) is 6.07 Å². The van der Waals surface area contributed by atoms with E-state index in [1.807, 2.05) is 0 Å². The number of nitrogen functional groups attached to an aromatic ring is 1. The van der Waals surface area contributed by atoms with Gasteiger partial charge in [0.05, 0.1) is 28.9 Å². The number of hydrogen-bond acceptors (Lipinski definition) is 10. The van der Waals surface area contributed by atoms with E-state index in [1.54, 1.807) is 13.0 Å². The summed E-state index contributed by atoms with van der Waals surface area (Å²) < 4.78 is 77.5. The average Bonchev–Trinajstić information content (AvgIpc) is 3.53. The Kier molecular flexibility index (Phi) is 5.72. The van der Waals surface area contributed by atoms with Crippen LogP contribution in [0.5, 0.6) is 0 Å². The van der Waals surface area contributed by atoms with Crippen LogP contribution in [0, 0.1) is 6.92 Å². The van der Waals surface area contributed by atoms with Gasteiger partial charge < -0.3 is 15.2 Å². The number of alkyl halides is 3. The van der Waals surface area contributed by atoms with Crippen LogP contribution in [0.4, 0.5) is 19.0 Å². The zero-order chi connectivity index (χ0) is 26.6. The molecule has 0 amide bonds. The van der Waals surface area contributed by atoms with Crippen molar-refractivity contribution in [3.8, 4) is 17.1 Å². The number of ether oxygens (including phenoxy) is 2. The lowest BCUT2D eigenvalue weighted by Gasteiger charge is -2.43. The molecule has 0 unspecified atom stereocenters. The lowest BCUT2D eigenvalue weighted by molar-refractivity contribution is -0.206. The number of halogens is 3. The molecule has 1 saturated carbocycles. The summed E-state index contributed by atoms with van der Waals surface area (Å²) in [4.78, 5) is 23.4. The monoisotopic (exact) mass is 539 g/mol. The summed E-state index contributed by atoms with van der Waals surface area (Å²) in [5.41, 5.74) is 5.30. The molecule has 16 heteroatoms. The van der Waals surface area contributed by atoms with Crippen molar-refractivity contribution in [1.82, 2.24) is 29.5 Å². The van der Waals surface area contributed by atoms with Crippen molar-refractivity contribution in [2.75, 3.05) is 18.9 Å². The molecule has 3 aliphatic rings. The van der Waals surface area contributed by atoms with Crippen molar-refractivity contribution in [3.05, 3.63) is 42.6 Å². The summed E-state index contributed by atoms with van der Waals surface area (Å²) in [6, 6.07) is 4.47. The fourth-order valence-electron chi connectivity index (χ4n) is 4.59. The number of sulfonamides is 1. The number of carbonyl (C=O) groups is 1. The van der Waals surface area contributed by atoms with Crippen molar-refractivity contribution in [2.24, 2.45) is 0 Å². The van der Waals surface area contributed by atoms with E-state index in [1.165, 1.54) is 35.7 Å². The highest BCUT2D eigenvalue weighted by atomic mass is 32.2. The Morgan fingerprint density at radius 1 is 1.32 bits per heavy atom. The Labute approximate surface area is 208 Å². The molecule has 1 aliphatic carbocycles. The van der Waals surface area contributed by atoms with Crippen molar-refractivity contribution in [2.45, 2.75) is 42.0 Å². The van der Waals surface area contributed by atoms with Crippen LogP contribution in [-0.4, -0.2) is 69.6 Å². The van der Waals surface area contributed by atoms with Gasteiger partial charge in [-0.2, -0.15) is 23.0 Å². The van der Waals surface area contributed by atoms with Gasteiger partial charge in [0.25, 0.3) is 0 Å². The highest BCUT2D eigenvalue weighted by Gasteiger charge is 2.65. The van der Waals surface area contributed by atoms with Gasteiger partial charge in [0, 0.05) is 18.4 Å². The van der Waals surface area contributed by atoms with E-state index in [4.69, 9.17) is 10.5 Å². The summed E-state index contributed by atoms with van der Waals surface area (Å²) in [7, 11) is -4.07. The summed E-state index contributed by atoms with van der Waals surface area (Å²) in [6.07, 6.45) is -0.881. The minimum atomic E-state index is -5.12. The SMILES string of the molecule is Cc1ccc(S(=O)(=O)NC23COC(COC(=O)C(F)(F)F)(C2)C3)cc1-c1cnc(N)c(-n2cncn2)n1. The normalized spacial score (nSPS) is 23.0. The Morgan fingerprint density at radius 2 is 2.08 bits per heavy atom. The number of esters is 1. The van der Waals surface area contributed by atoms with Crippen LogP contribution in [0.15, 0.2) is 41.9 Å². The number of hydrogen-bond donors (Lipinski definition) is 2. The smallest absolute Gasteiger partial charge is 0.456 e. The second-order valence-corrected chi connectivity index (χ2v) is 10.7. The third kappa shape index (κ3) is 4.62. The Balaban J connectivity index is 1.34. The number of nitrogens with two attached hydrogens (primary N) is 1. The molecule has 3 N–H and O–H groups in total. The number of aryl methyl sites for hydroxylation is 1. The first-order valence-corrected chi connectivity index (χ1v) is 12.3. The summed E-state index contributed by atoms with van der Waals surface area (Å²) in [5.74, 6) is -1.99. The molecule has 3 aromatic rings. The number of rotatable bonds is 7. The number of nitrogens with zero attached hydrogens (tertiary/aromatic N) is 5. The molecule has 4 heterocycles. The molecule has 1 aromatic carbocycles. The largest absolute Gasteiger partial charge is 0.490 e. The fraction of sp³-hybridized carbons (Fsp3) is 0.381. The summed E-state index contributed by atoms with van der Waals surface area (Å²) >= 11 is 0. The first kappa shape index (κ1) is 25.0. The van der Waals surface area contributed by atoms with Gasteiger partial charge in [0.15, 0.2) is 11.6 Å². The van der Waals surface area contributed by atoms with Crippen LogP contribution in [0.25, 0.3) is 17.1 Å². The van der Waals surface area contributed by atoms with E-state index in [0.717, 1.165) is 5.56 Å². The van der Waals surface area contributed by atoms with E-state index in [0.29, 0.717) is 11.3 Å². The van der Waals surface area contributed by atoms with Gasteiger partial charge >= 0.3 is 12.1 Å². The number of anilines is 1. The molecule has 3 fully saturated rings. The van der Waals surface area contributed by atoms with E-state index < -0.39 is 39.9 Å². The molecule has 0 spiro atoms. The minimum absolute atomic E-state index is 0.0590. The number of nitrogens with one attached hydrogen (secondary N) is 1. The van der Waals surface area contributed by atoms with E-state index in [9.17, 15) is 26.4 Å². The third-order valence-electron chi connectivity index (χ3n) is 6.24. The second-order valence-electron chi connectivity index (χ2n) is 9.07. The quantitative estimate of drug-likeness (QED) is 0.418. The summed E-state index contributed by atoms with van der Waals surface area (Å²) in [5, 5.41) is 3.99. The first-order valence-electron chi connectivity index (χ1n) is 10.8. The van der Waals surface area contributed by atoms with E-state index >= 15 is 0 Å². The van der Waals surface area contributed by atoms with Gasteiger partial charge in [-0.05, 0) is 24.6 Å². The summed E-state index contributed by atoms with van der Waals surface area (Å²) in [6.45, 7) is 1.09. The molecule has 0 radical (unpaired) electrons. The molecule has 0 atom stereocenters. The maximum absolute atomic E-state index is 13.2. The molecule has 2 saturated heterocycles. The van der Waals surface area contributed by atoms with E-state index in [2.05, 4.69) is 29.5 Å². The van der Waals surface area contributed by atoms with Crippen molar-refractivity contribution >= 4 is 21.8 Å². The van der Waals surface area contributed by atoms with Crippen molar-refractivity contribution < 1.29 is 35.9 Å². The zero-order valence-electron chi connectivity index (χ0n) is 19.2. The maximum atomic E-state index is 13.2. The average molecular weight is 539 g/mol. The number of aromatic nitrogens is 5. The van der Waals surface area contributed by atoms with Crippen LogP contribution in [0.2, 0.25) is 0 Å². The lowest BCUT2D eigenvalue weighted by Crippen LogP contribution is -2.61. The standard InChI is InChI=1S/C21H20F3N7O5S/c1-12-2-3-13(4-14(12)15-5-27-16(25)17(29-15)31-11-26-10-28-31)37(33,34)30-19-6-20(7-19,36-8-19)9-35-18(32)21(22,23)24/h2-5,10-11,30H,6-9H2,1H3,(H2,25,27). The number of benzene rings is 1. The van der Waals surface area contributed by atoms with Gasteiger partial charge in [-0.25, -0.2) is 32.9 Å². The molecular weight excluding hydrogens is 519 g/mol. The van der Waals surface area contributed by atoms with Crippen LogP contribution >= 0.6 is 0 Å². The van der Waals surface area contributed by atoms with Crippen LogP contribution in [-0.2, 0) is 24.3 Å². The fourth-order valence-corrected chi connectivity index (χ4v) is 6.01. The molecule has 37 heavy (non-hydrogen) atoms. The lowest BCUT2D eigenvalue weighted by atomic mass is 9.69. The second kappa shape index (κ2) is 8.46. The molecule has 196 valence electrons. The van der Waals surface area contributed by atoms with Crippen molar-refractivity contribution in [3.63, 3.8) is 0 Å². The highest BCUT2D eigenvalue weighted by molar-refractivity contribution is 7.89. The van der Waals surface area contributed by atoms with Gasteiger partial charge in [0.1, 0.15) is 24.9 Å². The predicted octanol–water partition coefficient (Wildman–Crippen LogP) is 1.30.